The van der Waals surface area contributed by atoms with Gasteiger partial charge in [0.25, 0.3) is 11.8 Å². The molecule has 2 unspecified atom stereocenters. The molecule has 1 saturated heterocycles. The van der Waals surface area contributed by atoms with Gasteiger partial charge in [-0.1, -0.05) is 31.1 Å². The van der Waals surface area contributed by atoms with Crippen LogP contribution in [0.3, 0.4) is 0 Å². The van der Waals surface area contributed by atoms with Crippen LogP contribution in [0.2, 0.25) is 0 Å². The number of likely N-dealkylation sites (N-methyl/N-ethyl adjacent to an activating group) is 1. The molecule has 2 atom stereocenters. The molecular weight excluding hydrogens is 382 g/mol. The van der Waals surface area contributed by atoms with Crippen molar-refractivity contribution in [1.82, 2.24) is 25.3 Å². The van der Waals surface area contributed by atoms with Crippen LogP contribution in [0.15, 0.2) is 28.8 Å². The Hall–Kier alpha value is -2.29. The van der Waals surface area contributed by atoms with E-state index in [1.54, 1.807) is 24.3 Å². The number of rotatable bonds is 4. The average Bonchev–Trinajstić information content (AvgIpc) is 3.22. The predicted octanol–water partition coefficient (Wildman–Crippen LogP) is 2.06. The van der Waals surface area contributed by atoms with Crippen LogP contribution in [-0.2, 0) is 0 Å². The Morgan fingerprint density at radius 2 is 1.82 bits per heavy atom. The first kappa shape index (κ1) is 20.4. The van der Waals surface area contributed by atoms with Crippen molar-refractivity contribution in [2.45, 2.75) is 25.9 Å². The Morgan fingerprint density at radius 3 is 2.39 bits per heavy atom. The summed E-state index contributed by atoms with van der Waals surface area (Å²) in [5.41, 5.74) is 0.841. The summed E-state index contributed by atoms with van der Waals surface area (Å²) in [5.74, 6) is 0.175. The van der Waals surface area contributed by atoms with Gasteiger partial charge < -0.3 is 9.84 Å². The minimum atomic E-state index is -0.597. The van der Waals surface area contributed by atoms with Crippen molar-refractivity contribution in [3.05, 3.63) is 47.1 Å². The van der Waals surface area contributed by atoms with Gasteiger partial charge in [0.1, 0.15) is 6.04 Å². The molecule has 2 amide bonds. The second kappa shape index (κ2) is 7.98. The maximum absolute atomic E-state index is 12.9. The number of piperazine rings is 1. The Labute approximate surface area is 169 Å². The van der Waals surface area contributed by atoms with Gasteiger partial charge in [0.15, 0.2) is 5.82 Å². The van der Waals surface area contributed by atoms with Gasteiger partial charge in [0.05, 0.1) is 17.2 Å². The number of nitrogens with one attached hydrogen (secondary N) is 1. The summed E-state index contributed by atoms with van der Waals surface area (Å²) in [4.78, 5) is 33.8. The maximum atomic E-state index is 12.9. The number of aromatic nitrogens is 2. The number of carbonyl (C=O) groups is 2. The molecule has 0 bridgehead atoms. The zero-order valence-corrected chi connectivity index (χ0v) is 16.9. The highest BCUT2D eigenvalue weighted by molar-refractivity contribution is 6.21. The number of amides is 2. The summed E-state index contributed by atoms with van der Waals surface area (Å²) >= 11 is 0. The van der Waals surface area contributed by atoms with Gasteiger partial charge in [-0.15, -0.1) is 12.4 Å². The van der Waals surface area contributed by atoms with Crippen molar-refractivity contribution in [2.75, 3.05) is 26.7 Å². The van der Waals surface area contributed by atoms with Gasteiger partial charge in [0, 0.05) is 19.6 Å². The van der Waals surface area contributed by atoms with Gasteiger partial charge in [-0.05, 0) is 25.1 Å². The lowest BCUT2D eigenvalue weighted by Crippen LogP contribution is -2.44. The maximum Gasteiger partial charge on any atom is 0.262 e. The Morgan fingerprint density at radius 1 is 1.18 bits per heavy atom. The van der Waals surface area contributed by atoms with Crippen LogP contribution in [0.4, 0.5) is 0 Å². The predicted molar refractivity (Wildman–Crippen MR) is 104 cm³/mol. The van der Waals surface area contributed by atoms with Crippen molar-refractivity contribution in [3.8, 4) is 0 Å². The first-order valence-corrected chi connectivity index (χ1v) is 9.20. The molecule has 28 heavy (non-hydrogen) atoms. The lowest BCUT2D eigenvalue weighted by Gasteiger charge is -2.30. The molecular formula is C19H24ClN5O3. The van der Waals surface area contributed by atoms with E-state index in [4.69, 9.17) is 4.52 Å². The molecule has 9 heteroatoms. The van der Waals surface area contributed by atoms with E-state index in [2.05, 4.69) is 20.4 Å². The highest BCUT2D eigenvalue weighted by Crippen LogP contribution is 2.35. The fourth-order valence-corrected chi connectivity index (χ4v) is 3.75. The number of halogens is 1. The number of hydrogen-bond acceptors (Lipinski definition) is 7. The zero-order chi connectivity index (χ0) is 19.1. The van der Waals surface area contributed by atoms with Crippen molar-refractivity contribution in [2.24, 2.45) is 5.92 Å². The Kier molecular flexibility index (Phi) is 5.83. The molecule has 1 N–H and O–H groups in total. The quantitative estimate of drug-likeness (QED) is 0.778. The van der Waals surface area contributed by atoms with E-state index in [9.17, 15) is 9.59 Å². The zero-order valence-electron chi connectivity index (χ0n) is 16.1. The number of benzene rings is 1. The van der Waals surface area contributed by atoms with Crippen LogP contribution in [-0.4, -0.2) is 58.4 Å². The van der Waals surface area contributed by atoms with E-state index in [0.717, 1.165) is 19.6 Å². The molecule has 0 radical (unpaired) electrons. The molecule has 0 saturated carbocycles. The summed E-state index contributed by atoms with van der Waals surface area (Å²) in [6.07, 6.45) is 0. The van der Waals surface area contributed by atoms with Crippen LogP contribution in [0, 0.1) is 5.92 Å². The van der Waals surface area contributed by atoms with E-state index >= 15 is 0 Å². The second-order valence-corrected chi connectivity index (χ2v) is 7.41. The van der Waals surface area contributed by atoms with Crippen LogP contribution in [0.1, 0.15) is 58.4 Å². The smallest absolute Gasteiger partial charge is 0.262 e. The molecule has 2 aliphatic rings. The van der Waals surface area contributed by atoms with E-state index in [0.29, 0.717) is 22.8 Å². The van der Waals surface area contributed by atoms with Crippen LogP contribution in [0.5, 0.6) is 0 Å². The lowest BCUT2D eigenvalue weighted by atomic mass is 10.0. The summed E-state index contributed by atoms with van der Waals surface area (Å²) in [6.45, 7) is 6.41. The van der Waals surface area contributed by atoms with Gasteiger partial charge in [-0.25, -0.2) is 0 Å². The fourth-order valence-electron chi connectivity index (χ4n) is 3.75. The van der Waals surface area contributed by atoms with E-state index in [1.807, 2.05) is 20.9 Å². The first-order valence-electron chi connectivity index (χ1n) is 9.20. The lowest BCUT2D eigenvalue weighted by molar-refractivity contribution is 0.0497. The molecule has 4 rings (SSSR count). The molecule has 1 aromatic carbocycles. The highest BCUT2D eigenvalue weighted by atomic mass is 35.5. The molecule has 8 nitrogen and oxygen atoms in total. The summed E-state index contributed by atoms with van der Waals surface area (Å²) in [5, 5.41) is 7.47. The minimum absolute atomic E-state index is 0. The topological polar surface area (TPSA) is 91.6 Å². The number of imide groups is 1. The Bertz CT molecular complexity index is 849. The van der Waals surface area contributed by atoms with E-state index in [-0.39, 0.29) is 36.2 Å². The summed E-state index contributed by atoms with van der Waals surface area (Å²) < 4.78 is 5.54. The van der Waals surface area contributed by atoms with Crippen LogP contribution in [0.25, 0.3) is 0 Å². The number of fused-ring (bicyclic) bond motifs is 1. The highest BCUT2D eigenvalue weighted by Gasteiger charge is 2.44. The van der Waals surface area contributed by atoms with Crippen LogP contribution < -0.4 is 5.32 Å². The molecule has 3 heterocycles. The van der Waals surface area contributed by atoms with Gasteiger partial charge in [-0.3, -0.25) is 19.4 Å². The van der Waals surface area contributed by atoms with E-state index in [1.165, 1.54) is 4.90 Å². The number of carbonyl (C=O) groups excluding carboxylic acids is 2. The van der Waals surface area contributed by atoms with Crippen molar-refractivity contribution >= 4 is 24.2 Å². The molecule has 0 spiro atoms. The molecule has 2 aliphatic heterocycles. The molecule has 1 fully saturated rings. The van der Waals surface area contributed by atoms with Gasteiger partial charge in [-0.2, -0.15) is 4.98 Å². The number of nitrogens with zero attached hydrogens (tertiary/aromatic N) is 4. The molecule has 1 aromatic heterocycles. The third-order valence-electron chi connectivity index (χ3n) is 5.25. The SMILES string of the molecule is CC(C)C(c1nc(C2CNCCN2C)no1)N1C(=O)c2ccccc2C1=O.Cl. The minimum Gasteiger partial charge on any atom is -0.337 e. The van der Waals surface area contributed by atoms with Crippen molar-refractivity contribution in [3.63, 3.8) is 0 Å². The molecule has 2 aromatic rings. The third kappa shape index (κ3) is 3.32. The summed E-state index contributed by atoms with van der Waals surface area (Å²) in [6, 6.07) is 6.28. The van der Waals surface area contributed by atoms with Crippen molar-refractivity contribution < 1.29 is 14.1 Å². The summed E-state index contributed by atoms with van der Waals surface area (Å²) in [7, 11) is 2.02. The molecule has 0 aliphatic carbocycles. The molecule has 150 valence electrons. The average molecular weight is 406 g/mol. The normalized spacial score (nSPS) is 21.0. The third-order valence-corrected chi connectivity index (χ3v) is 5.25. The van der Waals surface area contributed by atoms with Gasteiger partial charge >= 0.3 is 0 Å². The second-order valence-electron chi connectivity index (χ2n) is 7.41. The van der Waals surface area contributed by atoms with Crippen LogP contribution >= 0.6 is 12.4 Å². The largest absolute Gasteiger partial charge is 0.337 e. The van der Waals surface area contributed by atoms with E-state index < -0.39 is 6.04 Å². The number of hydrogen-bond donors (Lipinski definition) is 1. The monoisotopic (exact) mass is 405 g/mol. The Balaban J connectivity index is 0.00000225. The fraction of sp³-hybridized carbons (Fsp3) is 0.474. The first-order chi connectivity index (χ1) is 13.0. The van der Waals surface area contributed by atoms with Crippen molar-refractivity contribution in [1.29, 1.82) is 0 Å². The van der Waals surface area contributed by atoms with Gasteiger partial charge in [0.2, 0.25) is 5.89 Å². The standard InChI is InChI=1S/C19H23N5O3.ClH/c1-11(2)15(24-18(25)12-6-4-5-7-13(12)19(24)26)17-21-16(22-27-17)14-10-20-8-9-23(14)3;/h4-7,11,14-15,20H,8-10H2,1-3H3;1H.